The number of ether oxygens (including phenoxy) is 3. The number of anilines is 2. The molecule has 0 saturated carbocycles. The summed E-state index contributed by atoms with van der Waals surface area (Å²) in [4.78, 5) is 11.1. The van der Waals surface area contributed by atoms with Crippen LogP contribution in [-0.2, 0) is 14.2 Å². The maximum Gasteiger partial charge on any atom is 0.411 e. The van der Waals surface area contributed by atoms with Crippen LogP contribution in [0.25, 0.3) is 0 Å². The molecule has 6 nitrogen and oxygen atoms in total. The summed E-state index contributed by atoms with van der Waals surface area (Å²) >= 11 is 0. The van der Waals surface area contributed by atoms with Gasteiger partial charge in [-0.3, -0.25) is 5.32 Å². The van der Waals surface area contributed by atoms with Crippen molar-refractivity contribution in [2.75, 3.05) is 38.5 Å². The average molecular weight is 254 g/mol. The normalized spacial score (nSPS) is 10.2. The van der Waals surface area contributed by atoms with Crippen LogP contribution in [0, 0.1) is 0 Å². The molecule has 0 bridgehead atoms. The van der Waals surface area contributed by atoms with Crippen molar-refractivity contribution in [2.45, 2.75) is 6.29 Å². The highest BCUT2D eigenvalue weighted by atomic mass is 16.7. The minimum absolute atomic E-state index is 0.317. The van der Waals surface area contributed by atoms with Crippen LogP contribution in [0.15, 0.2) is 24.3 Å². The van der Waals surface area contributed by atoms with Crippen LogP contribution in [0.3, 0.4) is 0 Å². The van der Waals surface area contributed by atoms with Gasteiger partial charge in [-0.1, -0.05) is 6.07 Å². The Balaban J connectivity index is 2.56. The summed E-state index contributed by atoms with van der Waals surface area (Å²) in [5, 5.41) is 5.72. The Kier molecular flexibility index (Phi) is 5.96. The molecule has 2 N–H and O–H groups in total. The Morgan fingerprint density at radius 2 is 1.89 bits per heavy atom. The Morgan fingerprint density at radius 3 is 2.50 bits per heavy atom. The zero-order valence-electron chi connectivity index (χ0n) is 10.7. The first-order valence-electron chi connectivity index (χ1n) is 5.44. The summed E-state index contributed by atoms with van der Waals surface area (Å²) in [6, 6.07) is 7.26. The SMILES string of the molecule is COC(=O)Nc1cccc(NCC(OC)OC)c1. The van der Waals surface area contributed by atoms with Gasteiger partial charge in [0.05, 0.1) is 13.7 Å². The molecule has 0 aliphatic heterocycles. The van der Waals surface area contributed by atoms with Crippen LogP contribution in [0.4, 0.5) is 16.2 Å². The number of nitrogens with one attached hydrogen (secondary N) is 2. The molecule has 18 heavy (non-hydrogen) atoms. The molecule has 6 heteroatoms. The van der Waals surface area contributed by atoms with Crippen molar-refractivity contribution in [2.24, 2.45) is 0 Å². The minimum atomic E-state index is -0.501. The molecule has 1 aromatic rings. The van der Waals surface area contributed by atoms with E-state index in [2.05, 4.69) is 15.4 Å². The molecule has 0 fully saturated rings. The summed E-state index contributed by atoms with van der Waals surface area (Å²) in [5.74, 6) is 0. The smallest absolute Gasteiger partial charge is 0.411 e. The van der Waals surface area contributed by atoms with Crippen molar-refractivity contribution < 1.29 is 19.0 Å². The second-order valence-electron chi connectivity index (χ2n) is 3.48. The van der Waals surface area contributed by atoms with Gasteiger partial charge < -0.3 is 19.5 Å². The molecule has 0 radical (unpaired) electrons. The Labute approximate surface area is 106 Å². The molecule has 1 aromatic carbocycles. The van der Waals surface area contributed by atoms with Gasteiger partial charge in [0, 0.05) is 25.6 Å². The van der Waals surface area contributed by atoms with E-state index in [0.717, 1.165) is 5.69 Å². The first kappa shape index (κ1) is 14.3. The zero-order valence-corrected chi connectivity index (χ0v) is 10.7. The minimum Gasteiger partial charge on any atom is -0.453 e. The number of methoxy groups -OCH3 is 3. The van der Waals surface area contributed by atoms with E-state index < -0.39 is 6.09 Å². The third-order valence-electron chi connectivity index (χ3n) is 2.29. The summed E-state index contributed by atoms with van der Waals surface area (Å²) in [5.41, 5.74) is 1.50. The monoisotopic (exact) mass is 254 g/mol. The van der Waals surface area contributed by atoms with Gasteiger partial charge in [-0.2, -0.15) is 0 Å². The van der Waals surface area contributed by atoms with Crippen LogP contribution in [0.1, 0.15) is 0 Å². The third kappa shape index (κ3) is 4.60. The second kappa shape index (κ2) is 7.52. The highest BCUT2D eigenvalue weighted by Gasteiger charge is 2.05. The largest absolute Gasteiger partial charge is 0.453 e. The summed E-state index contributed by atoms with van der Waals surface area (Å²) < 4.78 is 14.6. The van der Waals surface area contributed by atoms with Crippen molar-refractivity contribution in [3.63, 3.8) is 0 Å². The lowest BCUT2D eigenvalue weighted by Gasteiger charge is -2.15. The van der Waals surface area contributed by atoms with Crippen LogP contribution in [0.5, 0.6) is 0 Å². The molecule has 0 heterocycles. The Hall–Kier alpha value is -1.79. The van der Waals surface area contributed by atoms with Gasteiger partial charge in [-0.05, 0) is 18.2 Å². The van der Waals surface area contributed by atoms with Gasteiger partial charge in [0.15, 0.2) is 6.29 Å². The lowest BCUT2D eigenvalue weighted by molar-refractivity contribution is -0.0914. The standard InChI is InChI=1S/C12H18N2O4/c1-16-11(17-2)8-13-9-5-4-6-10(7-9)14-12(15)18-3/h4-7,11,13H,8H2,1-3H3,(H,14,15). The van der Waals surface area contributed by atoms with E-state index in [9.17, 15) is 4.79 Å². The quantitative estimate of drug-likeness (QED) is 0.759. The second-order valence-corrected chi connectivity index (χ2v) is 3.48. The summed E-state index contributed by atoms with van der Waals surface area (Å²) in [7, 11) is 4.47. The third-order valence-corrected chi connectivity index (χ3v) is 2.29. The van der Waals surface area contributed by atoms with E-state index in [4.69, 9.17) is 9.47 Å². The molecule has 0 aliphatic rings. The first-order chi connectivity index (χ1) is 8.69. The lowest BCUT2D eigenvalue weighted by Crippen LogP contribution is -2.23. The number of hydrogen-bond donors (Lipinski definition) is 2. The van der Waals surface area contributed by atoms with E-state index in [0.29, 0.717) is 12.2 Å². The zero-order chi connectivity index (χ0) is 13.4. The van der Waals surface area contributed by atoms with Gasteiger partial charge in [0.25, 0.3) is 0 Å². The topological polar surface area (TPSA) is 68.8 Å². The van der Waals surface area contributed by atoms with Crippen molar-refractivity contribution in [1.29, 1.82) is 0 Å². The summed E-state index contributed by atoms with van der Waals surface area (Å²) in [6.45, 7) is 0.509. The van der Waals surface area contributed by atoms with Crippen molar-refractivity contribution in [1.82, 2.24) is 0 Å². The number of hydrogen-bond acceptors (Lipinski definition) is 5. The molecular formula is C12H18N2O4. The molecule has 0 unspecified atom stereocenters. The average Bonchev–Trinajstić information content (AvgIpc) is 2.40. The highest BCUT2D eigenvalue weighted by molar-refractivity contribution is 5.85. The molecule has 0 atom stereocenters. The van der Waals surface area contributed by atoms with Crippen LogP contribution in [0.2, 0.25) is 0 Å². The molecule has 0 spiro atoms. The van der Waals surface area contributed by atoms with Crippen LogP contribution < -0.4 is 10.6 Å². The van der Waals surface area contributed by atoms with Gasteiger partial charge in [0.1, 0.15) is 0 Å². The number of amides is 1. The maximum absolute atomic E-state index is 11.1. The van der Waals surface area contributed by atoms with E-state index >= 15 is 0 Å². The van der Waals surface area contributed by atoms with Crippen molar-refractivity contribution in [3.8, 4) is 0 Å². The van der Waals surface area contributed by atoms with Crippen LogP contribution in [-0.4, -0.2) is 40.3 Å². The van der Waals surface area contributed by atoms with Gasteiger partial charge in [0.2, 0.25) is 0 Å². The van der Waals surface area contributed by atoms with E-state index in [1.807, 2.05) is 12.1 Å². The molecule has 100 valence electrons. The molecule has 1 rings (SSSR count). The molecule has 0 aliphatic carbocycles. The number of carbonyl (C=O) groups excluding carboxylic acids is 1. The van der Waals surface area contributed by atoms with Gasteiger partial charge in [-0.25, -0.2) is 4.79 Å². The molecule has 0 saturated heterocycles. The predicted octanol–water partition coefficient (Wildman–Crippen LogP) is 1.90. The Morgan fingerprint density at radius 1 is 1.22 bits per heavy atom. The lowest BCUT2D eigenvalue weighted by atomic mass is 10.3. The predicted molar refractivity (Wildman–Crippen MR) is 68.8 cm³/mol. The van der Waals surface area contributed by atoms with Gasteiger partial charge >= 0.3 is 6.09 Å². The fourth-order valence-corrected chi connectivity index (χ4v) is 1.34. The molecular weight excluding hydrogens is 236 g/mol. The van der Waals surface area contributed by atoms with Crippen LogP contribution >= 0.6 is 0 Å². The summed E-state index contributed by atoms with van der Waals surface area (Å²) in [6.07, 6.45) is -0.818. The van der Waals surface area contributed by atoms with E-state index in [1.165, 1.54) is 7.11 Å². The Bertz CT molecular complexity index is 380. The van der Waals surface area contributed by atoms with Gasteiger partial charge in [-0.15, -0.1) is 0 Å². The molecule has 0 aromatic heterocycles. The fraction of sp³-hybridized carbons (Fsp3) is 0.417. The van der Waals surface area contributed by atoms with Crippen molar-refractivity contribution >= 4 is 17.5 Å². The first-order valence-corrected chi connectivity index (χ1v) is 5.44. The number of rotatable bonds is 6. The van der Waals surface area contributed by atoms with E-state index in [1.54, 1.807) is 26.4 Å². The number of carbonyl (C=O) groups is 1. The highest BCUT2D eigenvalue weighted by Crippen LogP contribution is 2.15. The molecule has 1 amide bonds. The van der Waals surface area contributed by atoms with E-state index in [-0.39, 0.29) is 6.29 Å². The number of benzene rings is 1. The van der Waals surface area contributed by atoms with Crippen molar-refractivity contribution in [3.05, 3.63) is 24.3 Å². The maximum atomic E-state index is 11.1. The fourth-order valence-electron chi connectivity index (χ4n) is 1.34.